The van der Waals surface area contributed by atoms with Crippen molar-refractivity contribution in [2.75, 3.05) is 13.2 Å². The number of hydroxylamine groups is 2. The molecule has 25 heavy (non-hydrogen) atoms. The molecule has 0 bridgehead atoms. The highest BCUT2D eigenvalue weighted by Gasteiger charge is 2.44. The van der Waals surface area contributed by atoms with E-state index in [1.807, 2.05) is 0 Å². The quantitative estimate of drug-likeness (QED) is 0.667. The van der Waals surface area contributed by atoms with Gasteiger partial charge >= 0.3 is 0 Å². The fourth-order valence-corrected chi connectivity index (χ4v) is 4.20. The molecule has 0 saturated carbocycles. The first-order valence-corrected chi connectivity index (χ1v) is 8.93. The normalized spacial score (nSPS) is 23.7. The minimum Gasteiger partial charge on any atom is -0.493 e. The number of ether oxygens (including phenoxy) is 1. The van der Waals surface area contributed by atoms with E-state index < -0.39 is 0 Å². The van der Waals surface area contributed by atoms with Gasteiger partial charge in [-0.15, -0.1) is 0 Å². The maximum Gasteiger partial charge on any atom is 0.124 e. The highest BCUT2D eigenvalue weighted by molar-refractivity contribution is 5.88. The highest BCUT2D eigenvalue weighted by atomic mass is 16.7. The van der Waals surface area contributed by atoms with Gasteiger partial charge in [0.1, 0.15) is 5.75 Å². The Morgan fingerprint density at radius 2 is 1.72 bits per heavy atom. The van der Waals surface area contributed by atoms with E-state index in [0.29, 0.717) is 19.1 Å². The molecule has 1 fully saturated rings. The van der Waals surface area contributed by atoms with Gasteiger partial charge in [-0.1, -0.05) is 60.7 Å². The van der Waals surface area contributed by atoms with Crippen LogP contribution in [0.2, 0.25) is 0 Å². The number of rotatable bonds is 2. The van der Waals surface area contributed by atoms with Crippen molar-refractivity contribution in [2.24, 2.45) is 5.92 Å². The zero-order valence-electron chi connectivity index (χ0n) is 14.3. The van der Waals surface area contributed by atoms with Crippen molar-refractivity contribution in [1.82, 2.24) is 5.06 Å². The first kappa shape index (κ1) is 14.9. The van der Waals surface area contributed by atoms with Crippen LogP contribution in [0.15, 0.2) is 66.7 Å². The molecule has 0 spiro atoms. The van der Waals surface area contributed by atoms with Gasteiger partial charge in [-0.2, -0.15) is 5.06 Å². The van der Waals surface area contributed by atoms with Gasteiger partial charge in [0.15, 0.2) is 0 Å². The van der Waals surface area contributed by atoms with Gasteiger partial charge < -0.3 is 4.74 Å². The molecule has 3 aromatic carbocycles. The predicted octanol–water partition coefficient (Wildman–Crippen LogP) is 4.90. The van der Waals surface area contributed by atoms with Crippen LogP contribution in [0.3, 0.4) is 0 Å². The van der Waals surface area contributed by atoms with Gasteiger partial charge in [-0.25, -0.2) is 0 Å². The van der Waals surface area contributed by atoms with Crippen LogP contribution in [0.25, 0.3) is 10.8 Å². The van der Waals surface area contributed by atoms with E-state index in [1.165, 1.54) is 21.9 Å². The van der Waals surface area contributed by atoms with E-state index in [2.05, 4.69) is 78.7 Å². The maximum absolute atomic E-state index is 6.18. The number of hydrogen-bond acceptors (Lipinski definition) is 3. The molecular formula is C22H21NO2. The summed E-state index contributed by atoms with van der Waals surface area (Å²) in [7, 11) is 0. The lowest BCUT2D eigenvalue weighted by Crippen LogP contribution is -2.32. The van der Waals surface area contributed by atoms with Gasteiger partial charge in [0.05, 0.1) is 25.3 Å². The Hall–Kier alpha value is -2.36. The summed E-state index contributed by atoms with van der Waals surface area (Å²) in [5, 5.41) is 4.71. The van der Waals surface area contributed by atoms with Gasteiger partial charge in [-0.3, -0.25) is 4.84 Å². The van der Waals surface area contributed by atoms with Crippen LogP contribution in [-0.2, 0) is 4.84 Å². The lowest BCUT2D eigenvalue weighted by molar-refractivity contribution is -0.162. The predicted molar refractivity (Wildman–Crippen MR) is 98.3 cm³/mol. The Kier molecular flexibility index (Phi) is 3.51. The van der Waals surface area contributed by atoms with E-state index in [9.17, 15) is 0 Å². The summed E-state index contributed by atoms with van der Waals surface area (Å²) in [5.74, 6) is 1.36. The van der Waals surface area contributed by atoms with Gasteiger partial charge in [0.25, 0.3) is 0 Å². The van der Waals surface area contributed by atoms with E-state index >= 15 is 0 Å². The fraction of sp³-hybridized carbons (Fsp3) is 0.273. The number of fused-ring (bicyclic) bond motifs is 5. The average molecular weight is 331 g/mol. The summed E-state index contributed by atoms with van der Waals surface area (Å²) in [6, 6.07) is 23.8. The molecule has 5 rings (SSSR count). The van der Waals surface area contributed by atoms with E-state index in [1.54, 1.807) is 0 Å². The Labute approximate surface area is 147 Å². The SMILES string of the molecule is C[C@H](c1ccccc1)N1OC[C@@H]2COc3ccc4ccccc4c3[C@@H]21. The summed E-state index contributed by atoms with van der Waals surface area (Å²) in [4.78, 5) is 6.18. The third-order valence-electron chi connectivity index (χ3n) is 5.50. The molecule has 3 aromatic rings. The molecule has 126 valence electrons. The first-order valence-electron chi connectivity index (χ1n) is 8.93. The van der Waals surface area contributed by atoms with Gasteiger partial charge in [0.2, 0.25) is 0 Å². The summed E-state index contributed by atoms with van der Waals surface area (Å²) < 4.78 is 6.07. The fourth-order valence-electron chi connectivity index (χ4n) is 4.20. The molecule has 3 heteroatoms. The van der Waals surface area contributed by atoms with Gasteiger partial charge in [-0.05, 0) is 29.3 Å². The standard InChI is InChI=1S/C22H21NO2/c1-15(16-7-3-2-4-8-16)23-22-18(14-25-23)13-24-20-12-11-17-9-5-6-10-19(17)21(20)22/h2-12,15,18,22H,13-14H2,1H3/t15-,18+,22-/m1/s1. The van der Waals surface area contributed by atoms with Crippen LogP contribution in [0.5, 0.6) is 5.75 Å². The van der Waals surface area contributed by atoms with Crippen molar-refractivity contribution < 1.29 is 9.57 Å². The molecular weight excluding hydrogens is 310 g/mol. The Bertz CT molecular complexity index is 908. The molecule has 0 unspecified atom stereocenters. The second-order valence-corrected chi connectivity index (χ2v) is 6.96. The van der Waals surface area contributed by atoms with Crippen LogP contribution in [0.4, 0.5) is 0 Å². The van der Waals surface area contributed by atoms with Crippen molar-refractivity contribution in [2.45, 2.75) is 19.0 Å². The van der Waals surface area contributed by atoms with Crippen molar-refractivity contribution >= 4 is 10.8 Å². The topological polar surface area (TPSA) is 21.7 Å². The highest BCUT2D eigenvalue weighted by Crippen LogP contribution is 2.49. The summed E-state index contributed by atoms with van der Waals surface area (Å²) in [6.45, 7) is 3.65. The van der Waals surface area contributed by atoms with Gasteiger partial charge in [0, 0.05) is 11.5 Å². The summed E-state index contributed by atoms with van der Waals surface area (Å²) in [6.07, 6.45) is 0. The lowest BCUT2D eigenvalue weighted by atomic mass is 9.87. The van der Waals surface area contributed by atoms with E-state index in [-0.39, 0.29) is 12.1 Å². The minimum absolute atomic E-state index is 0.195. The zero-order valence-corrected chi connectivity index (χ0v) is 14.3. The monoisotopic (exact) mass is 331 g/mol. The third kappa shape index (κ3) is 2.35. The number of hydrogen-bond donors (Lipinski definition) is 0. The Morgan fingerprint density at radius 1 is 0.920 bits per heavy atom. The lowest BCUT2D eigenvalue weighted by Gasteiger charge is -2.35. The van der Waals surface area contributed by atoms with Crippen LogP contribution < -0.4 is 4.74 Å². The molecule has 3 atom stereocenters. The van der Waals surface area contributed by atoms with E-state index in [4.69, 9.17) is 9.57 Å². The summed E-state index contributed by atoms with van der Waals surface area (Å²) >= 11 is 0. The third-order valence-corrected chi connectivity index (χ3v) is 5.50. The number of nitrogens with zero attached hydrogens (tertiary/aromatic N) is 1. The molecule has 0 aliphatic carbocycles. The molecule has 2 heterocycles. The molecule has 2 aliphatic heterocycles. The van der Waals surface area contributed by atoms with Crippen LogP contribution in [0, 0.1) is 5.92 Å². The first-order chi connectivity index (χ1) is 12.3. The largest absolute Gasteiger partial charge is 0.493 e. The van der Waals surface area contributed by atoms with Crippen LogP contribution in [-0.4, -0.2) is 18.3 Å². The Balaban J connectivity index is 1.63. The molecule has 3 nitrogen and oxygen atoms in total. The maximum atomic E-state index is 6.18. The molecule has 2 aliphatic rings. The van der Waals surface area contributed by atoms with Crippen LogP contribution >= 0.6 is 0 Å². The molecule has 0 amide bonds. The second kappa shape index (κ2) is 5.87. The smallest absolute Gasteiger partial charge is 0.124 e. The second-order valence-electron chi connectivity index (χ2n) is 6.96. The van der Waals surface area contributed by atoms with Crippen molar-refractivity contribution in [3.8, 4) is 5.75 Å². The van der Waals surface area contributed by atoms with Crippen LogP contribution in [0.1, 0.15) is 30.1 Å². The molecule has 0 aromatic heterocycles. The average Bonchev–Trinajstić information content (AvgIpc) is 3.12. The van der Waals surface area contributed by atoms with Crippen molar-refractivity contribution in [1.29, 1.82) is 0 Å². The number of benzene rings is 3. The van der Waals surface area contributed by atoms with Crippen molar-refractivity contribution in [3.63, 3.8) is 0 Å². The molecule has 0 N–H and O–H groups in total. The summed E-state index contributed by atoms with van der Waals surface area (Å²) in [5.41, 5.74) is 2.55. The molecule has 0 radical (unpaired) electrons. The molecule has 1 saturated heterocycles. The minimum atomic E-state index is 0.195. The van der Waals surface area contributed by atoms with E-state index in [0.717, 1.165) is 5.75 Å². The Morgan fingerprint density at radius 3 is 2.60 bits per heavy atom. The zero-order chi connectivity index (χ0) is 16.8. The van der Waals surface area contributed by atoms with Crippen molar-refractivity contribution in [3.05, 3.63) is 77.9 Å².